The molecule has 0 saturated heterocycles. The minimum absolute atomic E-state index is 0.0315. The lowest BCUT2D eigenvalue weighted by atomic mass is 10.2. The standard InChI is InChI=1S/C20H21NO4S/c1-2-21(12-11-19(23)24)20(25)16-9-6-10-17(13-16)26-14-18(22)15-7-4-3-5-8-15/h3-10,13H,2,11-12,14H2,1H3,(H,23,24). The maximum absolute atomic E-state index is 12.6. The number of carbonyl (C=O) groups excluding carboxylic acids is 2. The highest BCUT2D eigenvalue weighted by atomic mass is 32.2. The molecular weight excluding hydrogens is 350 g/mol. The lowest BCUT2D eigenvalue weighted by Gasteiger charge is -2.20. The van der Waals surface area contributed by atoms with Gasteiger partial charge in [-0.1, -0.05) is 36.4 Å². The first-order chi connectivity index (χ1) is 12.5. The molecule has 0 aromatic heterocycles. The Morgan fingerprint density at radius 2 is 1.69 bits per heavy atom. The van der Waals surface area contributed by atoms with E-state index in [1.54, 1.807) is 30.3 Å². The average molecular weight is 371 g/mol. The fraction of sp³-hybridized carbons (Fsp3) is 0.250. The van der Waals surface area contributed by atoms with Crippen LogP contribution in [0.25, 0.3) is 0 Å². The zero-order valence-electron chi connectivity index (χ0n) is 14.6. The van der Waals surface area contributed by atoms with Gasteiger partial charge in [-0.3, -0.25) is 14.4 Å². The molecule has 0 saturated carbocycles. The van der Waals surface area contributed by atoms with Crippen LogP contribution in [0, 0.1) is 0 Å². The number of carbonyl (C=O) groups is 3. The Kier molecular flexibility index (Phi) is 7.41. The molecule has 0 aliphatic heterocycles. The number of amides is 1. The van der Waals surface area contributed by atoms with Crippen molar-refractivity contribution >= 4 is 29.4 Å². The van der Waals surface area contributed by atoms with Gasteiger partial charge in [0, 0.05) is 29.1 Å². The van der Waals surface area contributed by atoms with Crippen LogP contribution in [-0.4, -0.2) is 46.5 Å². The van der Waals surface area contributed by atoms with Crippen molar-refractivity contribution in [2.45, 2.75) is 18.2 Å². The lowest BCUT2D eigenvalue weighted by Crippen LogP contribution is -2.32. The van der Waals surface area contributed by atoms with E-state index in [2.05, 4.69) is 0 Å². The maximum Gasteiger partial charge on any atom is 0.305 e. The van der Waals surface area contributed by atoms with E-state index in [-0.39, 0.29) is 30.4 Å². The summed E-state index contributed by atoms with van der Waals surface area (Å²) >= 11 is 1.38. The van der Waals surface area contributed by atoms with E-state index in [4.69, 9.17) is 5.11 Å². The van der Waals surface area contributed by atoms with Gasteiger partial charge in [-0.05, 0) is 25.1 Å². The van der Waals surface area contributed by atoms with Crippen LogP contribution >= 0.6 is 11.8 Å². The Morgan fingerprint density at radius 3 is 2.35 bits per heavy atom. The van der Waals surface area contributed by atoms with Crippen LogP contribution in [0.15, 0.2) is 59.5 Å². The lowest BCUT2D eigenvalue weighted by molar-refractivity contribution is -0.137. The van der Waals surface area contributed by atoms with Crippen molar-refractivity contribution in [1.29, 1.82) is 0 Å². The van der Waals surface area contributed by atoms with Gasteiger partial charge < -0.3 is 10.0 Å². The number of Topliss-reactive ketones (excluding diaryl/α,β-unsaturated/α-hetero) is 1. The predicted molar refractivity (Wildman–Crippen MR) is 102 cm³/mol. The maximum atomic E-state index is 12.6. The number of thioether (sulfide) groups is 1. The third kappa shape index (κ3) is 5.74. The van der Waals surface area contributed by atoms with E-state index in [1.807, 2.05) is 31.2 Å². The monoisotopic (exact) mass is 371 g/mol. The first-order valence-electron chi connectivity index (χ1n) is 8.33. The molecule has 2 aromatic rings. The fourth-order valence-electron chi connectivity index (χ4n) is 2.39. The van der Waals surface area contributed by atoms with E-state index < -0.39 is 5.97 Å². The summed E-state index contributed by atoms with van der Waals surface area (Å²) in [5.74, 6) is -0.812. The second kappa shape index (κ2) is 9.77. The first kappa shape index (κ1) is 19.7. The van der Waals surface area contributed by atoms with Crippen LogP contribution in [-0.2, 0) is 4.79 Å². The van der Waals surface area contributed by atoms with Crippen LogP contribution in [0.1, 0.15) is 34.1 Å². The summed E-state index contributed by atoms with van der Waals surface area (Å²) in [7, 11) is 0. The zero-order chi connectivity index (χ0) is 18.9. The Bertz CT molecular complexity index is 776. The Morgan fingerprint density at radius 1 is 1.00 bits per heavy atom. The number of carboxylic acid groups (broad SMARTS) is 1. The molecule has 0 aliphatic rings. The predicted octanol–water partition coefficient (Wildman–Crippen LogP) is 3.60. The minimum Gasteiger partial charge on any atom is -0.481 e. The Labute approximate surface area is 157 Å². The van der Waals surface area contributed by atoms with Crippen molar-refractivity contribution in [3.8, 4) is 0 Å². The summed E-state index contributed by atoms with van der Waals surface area (Å²) in [6.07, 6.45) is -0.0837. The van der Waals surface area contributed by atoms with Crippen LogP contribution in [0.3, 0.4) is 0 Å². The van der Waals surface area contributed by atoms with Gasteiger partial charge >= 0.3 is 5.97 Å². The van der Waals surface area contributed by atoms with Gasteiger partial charge in [0.15, 0.2) is 5.78 Å². The molecule has 0 atom stereocenters. The van der Waals surface area contributed by atoms with Crippen molar-refractivity contribution in [2.24, 2.45) is 0 Å². The van der Waals surface area contributed by atoms with E-state index >= 15 is 0 Å². The van der Waals surface area contributed by atoms with Crippen molar-refractivity contribution < 1.29 is 19.5 Å². The molecule has 6 heteroatoms. The molecule has 136 valence electrons. The molecule has 1 amide bonds. The SMILES string of the molecule is CCN(CCC(=O)O)C(=O)c1cccc(SCC(=O)c2ccccc2)c1. The fourth-order valence-corrected chi connectivity index (χ4v) is 3.24. The topological polar surface area (TPSA) is 74.7 Å². The highest BCUT2D eigenvalue weighted by Crippen LogP contribution is 2.21. The van der Waals surface area contributed by atoms with Gasteiger partial charge in [0.05, 0.1) is 12.2 Å². The van der Waals surface area contributed by atoms with Crippen molar-refractivity contribution in [2.75, 3.05) is 18.8 Å². The van der Waals surface area contributed by atoms with Gasteiger partial charge in [-0.15, -0.1) is 11.8 Å². The summed E-state index contributed by atoms with van der Waals surface area (Å²) in [6.45, 7) is 2.43. The summed E-state index contributed by atoms with van der Waals surface area (Å²) in [4.78, 5) is 37.8. The molecule has 0 bridgehead atoms. The number of hydrogen-bond donors (Lipinski definition) is 1. The summed E-state index contributed by atoms with van der Waals surface area (Å²) in [6, 6.07) is 16.2. The molecule has 2 aromatic carbocycles. The number of aliphatic carboxylic acids is 1. The van der Waals surface area contributed by atoms with E-state index in [0.29, 0.717) is 17.7 Å². The third-order valence-electron chi connectivity index (χ3n) is 3.81. The first-order valence-corrected chi connectivity index (χ1v) is 9.32. The van der Waals surface area contributed by atoms with E-state index in [9.17, 15) is 14.4 Å². The smallest absolute Gasteiger partial charge is 0.305 e. The molecule has 0 fully saturated rings. The summed E-state index contributed by atoms with van der Waals surface area (Å²) < 4.78 is 0. The molecule has 26 heavy (non-hydrogen) atoms. The van der Waals surface area contributed by atoms with Crippen molar-refractivity contribution in [1.82, 2.24) is 4.90 Å². The van der Waals surface area contributed by atoms with E-state index in [0.717, 1.165) is 4.90 Å². The summed E-state index contributed by atoms with van der Waals surface area (Å²) in [5.41, 5.74) is 1.16. The molecule has 0 radical (unpaired) electrons. The van der Waals surface area contributed by atoms with Crippen molar-refractivity contribution in [3.63, 3.8) is 0 Å². The third-order valence-corrected chi connectivity index (χ3v) is 4.80. The molecule has 5 nitrogen and oxygen atoms in total. The van der Waals surface area contributed by atoms with Gasteiger partial charge in [0.1, 0.15) is 0 Å². The number of carboxylic acids is 1. The van der Waals surface area contributed by atoms with Crippen LogP contribution in [0.4, 0.5) is 0 Å². The van der Waals surface area contributed by atoms with E-state index in [1.165, 1.54) is 16.7 Å². The Balaban J connectivity index is 2.01. The Hall–Kier alpha value is -2.60. The number of rotatable bonds is 9. The highest BCUT2D eigenvalue weighted by molar-refractivity contribution is 8.00. The molecule has 0 unspecified atom stereocenters. The normalized spacial score (nSPS) is 10.3. The second-order valence-electron chi connectivity index (χ2n) is 5.63. The molecule has 0 spiro atoms. The number of benzene rings is 2. The number of ketones is 1. The van der Waals surface area contributed by atoms with Crippen LogP contribution < -0.4 is 0 Å². The second-order valence-corrected chi connectivity index (χ2v) is 6.68. The quantitative estimate of drug-likeness (QED) is 0.538. The minimum atomic E-state index is -0.931. The highest BCUT2D eigenvalue weighted by Gasteiger charge is 2.16. The number of nitrogens with zero attached hydrogens (tertiary/aromatic N) is 1. The molecule has 0 heterocycles. The van der Waals surface area contributed by atoms with Gasteiger partial charge in [-0.25, -0.2) is 0 Å². The summed E-state index contributed by atoms with van der Waals surface area (Å²) in [5, 5.41) is 8.80. The van der Waals surface area contributed by atoms with Gasteiger partial charge in [0.2, 0.25) is 0 Å². The van der Waals surface area contributed by atoms with Crippen molar-refractivity contribution in [3.05, 3.63) is 65.7 Å². The molecule has 0 aliphatic carbocycles. The molecule has 2 rings (SSSR count). The van der Waals surface area contributed by atoms with Gasteiger partial charge in [-0.2, -0.15) is 0 Å². The van der Waals surface area contributed by atoms with Crippen LogP contribution in [0.2, 0.25) is 0 Å². The molecular formula is C20H21NO4S. The largest absolute Gasteiger partial charge is 0.481 e. The zero-order valence-corrected chi connectivity index (χ0v) is 15.4. The average Bonchev–Trinajstić information content (AvgIpc) is 2.67. The molecule has 1 N–H and O–H groups in total. The van der Waals surface area contributed by atoms with Crippen LogP contribution in [0.5, 0.6) is 0 Å². The van der Waals surface area contributed by atoms with Gasteiger partial charge in [0.25, 0.3) is 5.91 Å². The number of hydrogen-bond acceptors (Lipinski definition) is 4.